The molecule has 1 atom stereocenters. The second kappa shape index (κ2) is 12.8. The van der Waals surface area contributed by atoms with Crippen molar-refractivity contribution in [2.45, 2.75) is 52.3 Å². The average molecular weight is 538 g/mol. The Hall–Kier alpha value is -1.85. The highest BCUT2D eigenvalue weighted by Gasteiger charge is 2.30. The molecule has 10 heteroatoms. The van der Waals surface area contributed by atoms with Crippen molar-refractivity contribution in [3.8, 4) is 0 Å². The Morgan fingerprint density at radius 3 is 2.67 bits per heavy atom. The molecule has 1 aromatic carbocycles. The number of rotatable bonds is 9. The van der Waals surface area contributed by atoms with Crippen molar-refractivity contribution in [2.24, 2.45) is 4.99 Å². The summed E-state index contributed by atoms with van der Waals surface area (Å²) in [5, 5.41) is 14.4. The van der Waals surface area contributed by atoms with Crippen LogP contribution in [0.1, 0.15) is 50.1 Å². The maximum absolute atomic E-state index is 12.9. The first-order valence-corrected chi connectivity index (χ1v) is 9.91. The number of aryl methyl sites for hydroxylation is 1. The SMILES string of the molecule is CCNC(=NCCC(C)c1cccc(C(F)(F)F)c1)NCCn1cnnc1CC.I. The molecule has 2 aromatic rings. The van der Waals surface area contributed by atoms with Crippen LogP contribution >= 0.6 is 24.0 Å². The van der Waals surface area contributed by atoms with Gasteiger partial charge in [0.25, 0.3) is 0 Å². The van der Waals surface area contributed by atoms with Gasteiger partial charge in [-0.25, -0.2) is 0 Å². The van der Waals surface area contributed by atoms with Crippen molar-refractivity contribution >= 4 is 29.9 Å². The van der Waals surface area contributed by atoms with Gasteiger partial charge < -0.3 is 15.2 Å². The number of alkyl halides is 3. The maximum Gasteiger partial charge on any atom is 0.416 e. The highest BCUT2D eigenvalue weighted by molar-refractivity contribution is 14.0. The molecule has 2 N–H and O–H groups in total. The molecule has 0 aliphatic rings. The first kappa shape index (κ1) is 26.2. The number of benzene rings is 1. The lowest BCUT2D eigenvalue weighted by molar-refractivity contribution is -0.137. The summed E-state index contributed by atoms with van der Waals surface area (Å²) < 4.78 is 40.7. The van der Waals surface area contributed by atoms with Gasteiger partial charge in [-0.1, -0.05) is 32.0 Å². The third-order valence-corrected chi connectivity index (χ3v) is 4.62. The Labute approximate surface area is 192 Å². The van der Waals surface area contributed by atoms with Gasteiger partial charge in [0.05, 0.1) is 5.56 Å². The van der Waals surface area contributed by atoms with Gasteiger partial charge in [-0.05, 0) is 30.9 Å². The van der Waals surface area contributed by atoms with E-state index in [4.69, 9.17) is 0 Å². The highest BCUT2D eigenvalue weighted by atomic mass is 127. The van der Waals surface area contributed by atoms with Gasteiger partial charge in [-0.2, -0.15) is 13.2 Å². The summed E-state index contributed by atoms with van der Waals surface area (Å²) in [5.41, 5.74) is 0.0634. The molecule has 1 unspecified atom stereocenters. The minimum atomic E-state index is -4.32. The summed E-state index contributed by atoms with van der Waals surface area (Å²) in [6, 6.07) is 5.51. The molecule has 2 rings (SSSR count). The van der Waals surface area contributed by atoms with Crippen molar-refractivity contribution in [3.05, 3.63) is 47.5 Å². The molecule has 0 aliphatic heterocycles. The van der Waals surface area contributed by atoms with Crippen LogP contribution in [0.25, 0.3) is 0 Å². The number of nitrogens with zero attached hydrogens (tertiary/aromatic N) is 4. The average Bonchev–Trinajstić information content (AvgIpc) is 3.15. The minimum absolute atomic E-state index is 0. The lowest BCUT2D eigenvalue weighted by Crippen LogP contribution is -2.39. The lowest BCUT2D eigenvalue weighted by Gasteiger charge is -2.15. The number of nitrogens with one attached hydrogen (secondary N) is 2. The van der Waals surface area contributed by atoms with Gasteiger partial charge in [0.2, 0.25) is 0 Å². The monoisotopic (exact) mass is 538 g/mol. The molecule has 0 saturated heterocycles. The minimum Gasteiger partial charge on any atom is -0.357 e. The van der Waals surface area contributed by atoms with Crippen LogP contribution in [0.4, 0.5) is 13.2 Å². The Morgan fingerprint density at radius 2 is 2.00 bits per heavy atom. The molecule has 0 saturated carbocycles. The van der Waals surface area contributed by atoms with E-state index >= 15 is 0 Å². The van der Waals surface area contributed by atoms with Gasteiger partial charge in [0.15, 0.2) is 5.96 Å². The van der Waals surface area contributed by atoms with Gasteiger partial charge >= 0.3 is 6.18 Å². The summed E-state index contributed by atoms with van der Waals surface area (Å²) in [5.74, 6) is 1.60. The second-order valence-corrected chi connectivity index (χ2v) is 6.79. The number of hydrogen-bond acceptors (Lipinski definition) is 3. The quantitative estimate of drug-likeness (QED) is 0.285. The molecule has 0 radical (unpaired) electrons. The van der Waals surface area contributed by atoms with E-state index < -0.39 is 11.7 Å². The molecule has 6 nitrogen and oxygen atoms in total. The summed E-state index contributed by atoms with van der Waals surface area (Å²) in [6.07, 6.45) is -1.13. The fourth-order valence-corrected chi connectivity index (χ4v) is 2.93. The Bertz CT molecular complexity index is 791. The zero-order chi connectivity index (χ0) is 21.3. The molecule has 0 aliphatic carbocycles. The third-order valence-electron chi connectivity index (χ3n) is 4.62. The molecule has 0 fully saturated rings. The van der Waals surface area contributed by atoms with Crippen LogP contribution in [0.15, 0.2) is 35.6 Å². The van der Waals surface area contributed by atoms with Gasteiger partial charge in [0.1, 0.15) is 12.2 Å². The van der Waals surface area contributed by atoms with Gasteiger partial charge in [-0.3, -0.25) is 4.99 Å². The zero-order valence-corrected chi connectivity index (χ0v) is 19.9. The maximum atomic E-state index is 12.9. The molecule has 0 amide bonds. The van der Waals surface area contributed by atoms with Crippen molar-refractivity contribution in [2.75, 3.05) is 19.6 Å². The Morgan fingerprint density at radius 1 is 1.23 bits per heavy atom. The highest BCUT2D eigenvalue weighted by Crippen LogP contribution is 2.31. The zero-order valence-electron chi connectivity index (χ0n) is 17.5. The van der Waals surface area contributed by atoms with Gasteiger partial charge in [0, 0.05) is 32.6 Å². The summed E-state index contributed by atoms with van der Waals surface area (Å²) in [7, 11) is 0. The Kier molecular flexibility index (Phi) is 11.1. The largest absolute Gasteiger partial charge is 0.416 e. The van der Waals surface area contributed by atoms with Crippen LogP contribution in [0, 0.1) is 0 Å². The lowest BCUT2D eigenvalue weighted by atomic mass is 9.96. The van der Waals surface area contributed by atoms with E-state index in [1.165, 1.54) is 12.1 Å². The molecule has 1 heterocycles. The molecule has 1 aromatic heterocycles. The summed E-state index contributed by atoms with van der Waals surface area (Å²) >= 11 is 0. The third kappa shape index (κ3) is 8.11. The number of halogens is 4. The van der Waals surface area contributed by atoms with Crippen LogP contribution < -0.4 is 10.6 Å². The predicted molar refractivity (Wildman–Crippen MR) is 123 cm³/mol. The van der Waals surface area contributed by atoms with Crippen molar-refractivity contribution in [1.29, 1.82) is 0 Å². The van der Waals surface area contributed by atoms with E-state index in [1.807, 2.05) is 25.3 Å². The Balaban J connectivity index is 0.00000450. The number of aromatic nitrogens is 3. The number of hydrogen-bond donors (Lipinski definition) is 2. The topological polar surface area (TPSA) is 67.1 Å². The first-order valence-electron chi connectivity index (χ1n) is 9.91. The van der Waals surface area contributed by atoms with Crippen LogP contribution in [-0.4, -0.2) is 40.4 Å². The van der Waals surface area contributed by atoms with Gasteiger partial charge in [-0.15, -0.1) is 34.2 Å². The van der Waals surface area contributed by atoms with Crippen molar-refractivity contribution < 1.29 is 13.2 Å². The van der Waals surface area contributed by atoms with E-state index in [0.29, 0.717) is 31.0 Å². The van der Waals surface area contributed by atoms with Crippen LogP contribution in [-0.2, 0) is 19.1 Å². The van der Waals surface area contributed by atoms with Crippen LogP contribution in [0.3, 0.4) is 0 Å². The molecule has 0 bridgehead atoms. The van der Waals surface area contributed by atoms with E-state index in [0.717, 1.165) is 31.4 Å². The predicted octanol–water partition coefficient (Wildman–Crippen LogP) is 4.23. The van der Waals surface area contributed by atoms with Crippen molar-refractivity contribution in [3.63, 3.8) is 0 Å². The van der Waals surface area contributed by atoms with Crippen LogP contribution in [0.2, 0.25) is 0 Å². The first-order chi connectivity index (χ1) is 13.8. The van der Waals surface area contributed by atoms with E-state index in [9.17, 15) is 13.2 Å². The molecule has 0 spiro atoms. The molecule has 168 valence electrons. The fourth-order valence-electron chi connectivity index (χ4n) is 2.93. The molecular weight excluding hydrogens is 508 g/mol. The number of guanidine groups is 1. The van der Waals surface area contributed by atoms with E-state index in [2.05, 4.69) is 25.8 Å². The standard InChI is InChI=1S/C20H29F3N6.HI/c1-4-18-28-27-14-29(18)12-11-26-19(24-5-2)25-10-9-15(3)16-7-6-8-17(13-16)20(21,22)23;/h6-8,13-15H,4-5,9-12H2,1-3H3,(H2,24,25,26);1H. The molecule has 30 heavy (non-hydrogen) atoms. The summed E-state index contributed by atoms with van der Waals surface area (Å²) in [6.45, 7) is 8.56. The number of aliphatic imine (C=N–C) groups is 1. The summed E-state index contributed by atoms with van der Waals surface area (Å²) in [4.78, 5) is 4.54. The van der Waals surface area contributed by atoms with Crippen LogP contribution in [0.5, 0.6) is 0 Å². The fraction of sp³-hybridized carbons (Fsp3) is 0.550. The smallest absolute Gasteiger partial charge is 0.357 e. The van der Waals surface area contributed by atoms with E-state index in [-0.39, 0.29) is 29.9 Å². The van der Waals surface area contributed by atoms with Crippen molar-refractivity contribution in [1.82, 2.24) is 25.4 Å². The second-order valence-electron chi connectivity index (χ2n) is 6.79. The molecular formula is C20H30F3IN6. The van der Waals surface area contributed by atoms with E-state index in [1.54, 1.807) is 12.4 Å². The normalized spacial score (nSPS) is 12.9.